The Morgan fingerprint density at radius 2 is 1.84 bits per heavy atom. The van der Waals surface area contributed by atoms with Crippen molar-refractivity contribution in [3.8, 4) is 5.69 Å². The minimum absolute atomic E-state index is 0.0852. The molecule has 0 aliphatic carbocycles. The maximum absolute atomic E-state index is 12.3. The van der Waals surface area contributed by atoms with E-state index in [-0.39, 0.29) is 11.7 Å². The summed E-state index contributed by atoms with van der Waals surface area (Å²) in [4.78, 5) is 12.3. The standard InChI is InChI=1S/C18H19N5OS/c1-12-8-6-9-15(14(12)3)19-17(24)11-25-18-20-21-22-23(18)16-10-5-4-7-13(16)2/h4-10H,11H2,1-3H3,(H,19,24). The van der Waals surface area contributed by atoms with E-state index >= 15 is 0 Å². The van der Waals surface area contributed by atoms with E-state index in [9.17, 15) is 4.79 Å². The van der Waals surface area contributed by atoms with Crippen molar-refractivity contribution >= 4 is 23.4 Å². The van der Waals surface area contributed by atoms with Gasteiger partial charge in [-0.15, -0.1) is 5.10 Å². The minimum Gasteiger partial charge on any atom is -0.325 e. The Bertz CT molecular complexity index is 906. The summed E-state index contributed by atoms with van der Waals surface area (Å²) in [5.74, 6) is 0.151. The van der Waals surface area contributed by atoms with Crippen molar-refractivity contribution in [1.29, 1.82) is 0 Å². The lowest BCUT2D eigenvalue weighted by Crippen LogP contribution is -2.15. The van der Waals surface area contributed by atoms with Gasteiger partial charge >= 0.3 is 0 Å². The van der Waals surface area contributed by atoms with Crippen molar-refractivity contribution in [3.05, 3.63) is 59.2 Å². The summed E-state index contributed by atoms with van der Waals surface area (Å²) < 4.78 is 1.66. The van der Waals surface area contributed by atoms with Crippen LogP contribution in [-0.2, 0) is 4.79 Å². The van der Waals surface area contributed by atoms with Crippen LogP contribution in [0.25, 0.3) is 5.69 Å². The number of nitrogens with one attached hydrogen (secondary N) is 1. The highest BCUT2D eigenvalue weighted by molar-refractivity contribution is 7.99. The molecule has 1 aromatic heterocycles. The molecule has 3 rings (SSSR count). The number of rotatable bonds is 5. The third kappa shape index (κ3) is 3.88. The number of para-hydroxylation sites is 1. The summed E-state index contributed by atoms with van der Waals surface area (Å²) in [5.41, 5.74) is 5.03. The van der Waals surface area contributed by atoms with Crippen molar-refractivity contribution in [3.63, 3.8) is 0 Å². The molecular formula is C18H19N5OS. The van der Waals surface area contributed by atoms with Gasteiger partial charge < -0.3 is 5.32 Å². The first-order valence-corrected chi connectivity index (χ1v) is 8.88. The molecule has 25 heavy (non-hydrogen) atoms. The molecule has 1 heterocycles. The number of carbonyl (C=O) groups excluding carboxylic acids is 1. The molecule has 6 nitrogen and oxygen atoms in total. The van der Waals surface area contributed by atoms with Gasteiger partial charge in [-0.2, -0.15) is 4.68 Å². The number of aromatic nitrogens is 4. The van der Waals surface area contributed by atoms with Crippen LogP contribution in [0.15, 0.2) is 47.6 Å². The monoisotopic (exact) mass is 353 g/mol. The summed E-state index contributed by atoms with van der Waals surface area (Å²) in [5, 5.41) is 15.3. The fourth-order valence-corrected chi connectivity index (χ4v) is 3.11. The molecule has 0 aliphatic heterocycles. The van der Waals surface area contributed by atoms with Crippen LogP contribution in [0.3, 0.4) is 0 Å². The number of hydrogen-bond donors (Lipinski definition) is 1. The van der Waals surface area contributed by atoms with Gasteiger partial charge in [0.2, 0.25) is 11.1 Å². The number of tetrazole rings is 1. The van der Waals surface area contributed by atoms with Crippen LogP contribution in [-0.4, -0.2) is 31.9 Å². The molecular weight excluding hydrogens is 334 g/mol. The zero-order valence-electron chi connectivity index (χ0n) is 14.4. The third-order valence-electron chi connectivity index (χ3n) is 4.00. The van der Waals surface area contributed by atoms with E-state index in [1.807, 2.05) is 63.2 Å². The fourth-order valence-electron chi connectivity index (χ4n) is 2.42. The van der Waals surface area contributed by atoms with Gasteiger partial charge in [-0.1, -0.05) is 42.1 Å². The number of thioether (sulfide) groups is 1. The van der Waals surface area contributed by atoms with Crippen molar-refractivity contribution < 1.29 is 4.79 Å². The first-order valence-electron chi connectivity index (χ1n) is 7.89. The molecule has 0 saturated heterocycles. The summed E-state index contributed by atoms with van der Waals surface area (Å²) in [7, 11) is 0. The number of aryl methyl sites for hydroxylation is 2. The Balaban J connectivity index is 1.69. The second-order valence-corrected chi connectivity index (χ2v) is 6.69. The minimum atomic E-state index is -0.0852. The quantitative estimate of drug-likeness (QED) is 0.713. The van der Waals surface area contributed by atoms with Crippen LogP contribution in [0, 0.1) is 20.8 Å². The van der Waals surface area contributed by atoms with Crippen LogP contribution < -0.4 is 5.32 Å². The largest absolute Gasteiger partial charge is 0.325 e. The van der Waals surface area contributed by atoms with Gasteiger partial charge in [0.25, 0.3) is 0 Å². The lowest BCUT2D eigenvalue weighted by Gasteiger charge is -2.10. The van der Waals surface area contributed by atoms with Gasteiger partial charge in [-0.25, -0.2) is 0 Å². The fraction of sp³-hybridized carbons (Fsp3) is 0.222. The van der Waals surface area contributed by atoms with Gasteiger partial charge in [0.05, 0.1) is 11.4 Å². The molecule has 0 atom stereocenters. The molecule has 0 bridgehead atoms. The van der Waals surface area contributed by atoms with Crippen molar-refractivity contribution in [2.75, 3.05) is 11.1 Å². The lowest BCUT2D eigenvalue weighted by atomic mass is 10.1. The molecule has 0 radical (unpaired) electrons. The average molecular weight is 353 g/mol. The highest BCUT2D eigenvalue weighted by Gasteiger charge is 2.13. The predicted octanol–water partition coefficient (Wildman–Crippen LogP) is 3.32. The van der Waals surface area contributed by atoms with E-state index in [4.69, 9.17) is 0 Å². The topological polar surface area (TPSA) is 72.7 Å². The van der Waals surface area contributed by atoms with Gasteiger partial charge in [0.15, 0.2) is 0 Å². The highest BCUT2D eigenvalue weighted by atomic mass is 32.2. The number of anilines is 1. The van der Waals surface area contributed by atoms with Crippen molar-refractivity contribution in [2.24, 2.45) is 0 Å². The van der Waals surface area contributed by atoms with Gasteiger partial charge in [-0.05, 0) is 60.0 Å². The molecule has 1 amide bonds. The maximum Gasteiger partial charge on any atom is 0.234 e. The second-order valence-electron chi connectivity index (χ2n) is 5.74. The van der Waals surface area contributed by atoms with Gasteiger partial charge in [0, 0.05) is 5.69 Å². The Hall–Kier alpha value is -2.67. The number of hydrogen-bond acceptors (Lipinski definition) is 5. The molecule has 0 unspecified atom stereocenters. The van der Waals surface area contributed by atoms with E-state index in [0.29, 0.717) is 5.16 Å². The van der Waals surface area contributed by atoms with Gasteiger partial charge in [-0.3, -0.25) is 4.79 Å². The summed E-state index contributed by atoms with van der Waals surface area (Å²) in [6.07, 6.45) is 0. The lowest BCUT2D eigenvalue weighted by molar-refractivity contribution is -0.113. The zero-order valence-corrected chi connectivity index (χ0v) is 15.2. The molecule has 128 valence electrons. The highest BCUT2D eigenvalue weighted by Crippen LogP contribution is 2.22. The van der Waals surface area contributed by atoms with E-state index < -0.39 is 0 Å². The first-order chi connectivity index (χ1) is 12.1. The smallest absolute Gasteiger partial charge is 0.234 e. The van der Waals surface area contributed by atoms with Crippen LogP contribution in [0.1, 0.15) is 16.7 Å². The van der Waals surface area contributed by atoms with Gasteiger partial charge in [0.1, 0.15) is 0 Å². The number of amides is 1. The van der Waals surface area contributed by atoms with E-state index in [1.165, 1.54) is 11.8 Å². The number of nitrogens with zero attached hydrogens (tertiary/aromatic N) is 4. The first kappa shape index (κ1) is 17.2. The number of benzene rings is 2. The SMILES string of the molecule is Cc1ccccc1-n1nnnc1SCC(=O)Nc1cccc(C)c1C. The van der Waals surface area contributed by atoms with E-state index in [0.717, 1.165) is 28.1 Å². The maximum atomic E-state index is 12.3. The Morgan fingerprint density at radius 3 is 2.64 bits per heavy atom. The Morgan fingerprint density at radius 1 is 1.08 bits per heavy atom. The molecule has 1 N–H and O–H groups in total. The molecule has 0 spiro atoms. The normalized spacial score (nSPS) is 10.7. The van der Waals surface area contributed by atoms with Crippen molar-refractivity contribution in [1.82, 2.24) is 20.2 Å². The summed E-state index contributed by atoms with van der Waals surface area (Å²) in [6.45, 7) is 6.02. The van der Waals surface area contributed by atoms with E-state index in [2.05, 4.69) is 20.8 Å². The summed E-state index contributed by atoms with van der Waals surface area (Å²) >= 11 is 1.31. The van der Waals surface area contributed by atoms with Crippen molar-refractivity contribution in [2.45, 2.75) is 25.9 Å². The Kier molecular flexibility index (Phi) is 5.14. The predicted molar refractivity (Wildman–Crippen MR) is 99.2 cm³/mol. The molecule has 3 aromatic rings. The molecule has 0 saturated carbocycles. The molecule has 2 aromatic carbocycles. The molecule has 7 heteroatoms. The molecule has 0 aliphatic rings. The van der Waals surface area contributed by atoms with Crippen LogP contribution in [0.2, 0.25) is 0 Å². The Labute approximate surface area is 150 Å². The zero-order chi connectivity index (χ0) is 17.8. The second kappa shape index (κ2) is 7.48. The van der Waals surface area contributed by atoms with E-state index in [1.54, 1.807) is 4.68 Å². The van der Waals surface area contributed by atoms with Crippen LogP contribution in [0.4, 0.5) is 5.69 Å². The number of carbonyl (C=O) groups is 1. The van der Waals surface area contributed by atoms with Crippen LogP contribution in [0.5, 0.6) is 0 Å². The summed E-state index contributed by atoms with van der Waals surface area (Å²) in [6, 6.07) is 13.7. The molecule has 0 fully saturated rings. The van der Waals surface area contributed by atoms with Crippen LogP contribution >= 0.6 is 11.8 Å². The average Bonchev–Trinajstić information content (AvgIpc) is 3.06. The third-order valence-corrected chi connectivity index (χ3v) is 4.91.